The van der Waals surface area contributed by atoms with Crippen molar-refractivity contribution in [3.05, 3.63) is 30.1 Å². The molecule has 0 aliphatic heterocycles. The number of fused-ring (bicyclic) bond motifs is 1. The first-order valence-corrected chi connectivity index (χ1v) is 6.06. The number of nitrogens with zero attached hydrogens (tertiary/aromatic N) is 1. The van der Waals surface area contributed by atoms with Gasteiger partial charge in [-0.2, -0.15) is 0 Å². The van der Waals surface area contributed by atoms with Crippen LogP contribution in [-0.2, 0) is 0 Å². The molecule has 2 rings (SSSR count). The summed E-state index contributed by atoms with van der Waals surface area (Å²) in [6.07, 6.45) is 1.63. The largest absolute Gasteiger partial charge is 0.352 e. The Morgan fingerprint density at radius 1 is 1.44 bits per heavy atom. The van der Waals surface area contributed by atoms with Gasteiger partial charge >= 0.3 is 0 Å². The number of nitrogens with one attached hydrogen (secondary N) is 3. The zero-order valence-electron chi connectivity index (χ0n) is 10.7. The highest BCUT2D eigenvalue weighted by atomic mass is 16.1. The van der Waals surface area contributed by atoms with Gasteiger partial charge in [-0.05, 0) is 37.7 Å². The van der Waals surface area contributed by atoms with Crippen molar-refractivity contribution in [1.82, 2.24) is 20.6 Å². The van der Waals surface area contributed by atoms with Crippen molar-refractivity contribution in [2.24, 2.45) is 5.92 Å². The number of hydrogen-bond acceptors (Lipinski definition) is 3. The van der Waals surface area contributed by atoms with Gasteiger partial charge in [0.1, 0.15) is 0 Å². The summed E-state index contributed by atoms with van der Waals surface area (Å²) in [5, 5.41) is 6.01. The Bertz CT molecular complexity index is 535. The molecule has 0 bridgehead atoms. The third-order valence-corrected chi connectivity index (χ3v) is 2.85. The van der Waals surface area contributed by atoms with Gasteiger partial charge in [0.25, 0.3) is 5.91 Å². The molecular weight excluding hydrogens is 228 g/mol. The highest BCUT2D eigenvalue weighted by Crippen LogP contribution is 2.11. The molecule has 5 nitrogen and oxygen atoms in total. The van der Waals surface area contributed by atoms with Gasteiger partial charge in [-0.1, -0.05) is 6.92 Å². The van der Waals surface area contributed by atoms with E-state index in [2.05, 4.69) is 27.5 Å². The fraction of sp³-hybridized carbons (Fsp3) is 0.385. The zero-order chi connectivity index (χ0) is 13.0. The predicted octanol–water partition coefficient (Wildman–Crippen LogP) is 1.15. The molecule has 1 amide bonds. The maximum absolute atomic E-state index is 12.0. The van der Waals surface area contributed by atoms with Crippen molar-refractivity contribution in [2.75, 3.05) is 20.1 Å². The molecule has 5 heteroatoms. The van der Waals surface area contributed by atoms with Crippen molar-refractivity contribution < 1.29 is 4.79 Å². The van der Waals surface area contributed by atoms with Crippen molar-refractivity contribution in [1.29, 1.82) is 0 Å². The van der Waals surface area contributed by atoms with E-state index in [1.54, 1.807) is 12.4 Å². The van der Waals surface area contributed by atoms with E-state index >= 15 is 0 Å². The Balaban J connectivity index is 1.99. The first kappa shape index (κ1) is 12.6. The molecule has 0 spiro atoms. The summed E-state index contributed by atoms with van der Waals surface area (Å²) in [7, 11) is 1.91. The number of aromatic amines is 1. The molecule has 0 radical (unpaired) electrons. The van der Waals surface area contributed by atoms with Gasteiger partial charge in [-0.3, -0.25) is 4.79 Å². The molecule has 0 fully saturated rings. The Morgan fingerprint density at radius 2 is 2.28 bits per heavy atom. The molecule has 3 N–H and O–H groups in total. The lowest BCUT2D eigenvalue weighted by atomic mass is 10.1. The van der Waals surface area contributed by atoms with E-state index < -0.39 is 0 Å². The topological polar surface area (TPSA) is 69.8 Å². The van der Waals surface area contributed by atoms with Crippen LogP contribution in [0.4, 0.5) is 0 Å². The number of aromatic nitrogens is 2. The molecule has 2 aromatic rings. The van der Waals surface area contributed by atoms with E-state index in [4.69, 9.17) is 0 Å². The van der Waals surface area contributed by atoms with Crippen LogP contribution in [0.5, 0.6) is 0 Å². The summed E-state index contributed by atoms with van der Waals surface area (Å²) < 4.78 is 0. The van der Waals surface area contributed by atoms with E-state index in [1.165, 1.54) is 0 Å². The molecule has 0 aliphatic rings. The first-order chi connectivity index (χ1) is 8.70. The SMILES string of the molecule is CNCC(C)CNC(=O)c1ccc2nc[nH]c2c1. The van der Waals surface area contributed by atoms with Crippen LogP contribution >= 0.6 is 0 Å². The van der Waals surface area contributed by atoms with Crippen LogP contribution in [0.15, 0.2) is 24.5 Å². The smallest absolute Gasteiger partial charge is 0.251 e. The molecule has 18 heavy (non-hydrogen) atoms. The predicted molar refractivity (Wildman–Crippen MR) is 71.5 cm³/mol. The number of rotatable bonds is 5. The summed E-state index contributed by atoms with van der Waals surface area (Å²) in [6, 6.07) is 5.46. The Morgan fingerprint density at radius 3 is 3.06 bits per heavy atom. The van der Waals surface area contributed by atoms with E-state index in [0.29, 0.717) is 18.0 Å². The van der Waals surface area contributed by atoms with E-state index in [0.717, 1.165) is 17.6 Å². The summed E-state index contributed by atoms with van der Waals surface area (Å²) >= 11 is 0. The third kappa shape index (κ3) is 2.87. The van der Waals surface area contributed by atoms with Gasteiger partial charge in [0.15, 0.2) is 0 Å². The normalized spacial score (nSPS) is 12.6. The van der Waals surface area contributed by atoms with Crippen LogP contribution in [0, 0.1) is 5.92 Å². The Labute approximate surface area is 106 Å². The second-order valence-corrected chi connectivity index (χ2v) is 4.51. The maximum atomic E-state index is 12.0. The van der Waals surface area contributed by atoms with Gasteiger partial charge in [-0.25, -0.2) is 4.98 Å². The number of amides is 1. The van der Waals surface area contributed by atoms with Gasteiger partial charge < -0.3 is 15.6 Å². The summed E-state index contributed by atoms with van der Waals surface area (Å²) in [6.45, 7) is 3.65. The second kappa shape index (κ2) is 5.64. The molecule has 1 atom stereocenters. The quantitative estimate of drug-likeness (QED) is 0.741. The molecule has 96 valence electrons. The highest BCUT2D eigenvalue weighted by molar-refractivity contribution is 5.97. The molecule has 1 heterocycles. The summed E-state index contributed by atoms with van der Waals surface area (Å²) in [5.41, 5.74) is 2.41. The van der Waals surface area contributed by atoms with Crippen LogP contribution in [-0.4, -0.2) is 36.0 Å². The lowest BCUT2D eigenvalue weighted by molar-refractivity contribution is 0.0948. The average molecular weight is 246 g/mol. The number of imidazole rings is 1. The fourth-order valence-corrected chi connectivity index (χ4v) is 1.87. The van der Waals surface area contributed by atoms with E-state index in [-0.39, 0.29) is 5.91 Å². The number of carbonyl (C=O) groups excluding carboxylic acids is 1. The first-order valence-electron chi connectivity index (χ1n) is 6.06. The molecule has 1 unspecified atom stereocenters. The minimum Gasteiger partial charge on any atom is -0.352 e. The van der Waals surface area contributed by atoms with Crippen molar-refractivity contribution in [2.45, 2.75) is 6.92 Å². The Hall–Kier alpha value is -1.88. The fourth-order valence-electron chi connectivity index (χ4n) is 1.87. The lowest BCUT2D eigenvalue weighted by Crippen LogP contribution is -2.32. The minimum absolute atomic E-state index is 0.0468. The molecule has 1 aromatic heterocycles. The highest BCUT2D eigenvalue weighted by Gasteiger charge is 2.08. The number of H-pyrrole nitrogens is 1. The van der Waals surface area contributed by atoms with Crippen molar-refractivity contribution in [3.8, 4) is 0 Å². The van der Waals surface area contributed by atoms with Gasteiger partial charge in [0.2, 0.25) is 0 Å². The van der Waals surface area contributed by atoms with Crippen molar-refractivity contribution in [3.63, 3.8) is 0 Å². The van der Waals surface area contributed by atoms with Gasteiger partial charge in [0, 0.05) is 12.1 Å². The zero-order valence-corrected chi connectivity index (χ0v) is 10.7. The van der Waals surface area contributed by atoms with Crippen LogP contribution in [0.3, 0.4) is 0 Å². The molecular formula is C13H18N4O. The monoisotopic (exact) mass is 246 g/mol. The number of benzene rings is 1. The minimum atomic E-state index is -0.0468. The molecule has 0 aliphatic carbocycles. The van der Waals surface area contributed by atoms with Gasteiger partial charge in [0.05, 0.1) is 17.4 Å². The van der Waals surface area contributed by atoms with E-state index in [1.807, 2.05) is 19.2 Å². The van der Waals surface area contributed by atoms with Crippen molar-refractivity contribution >= 4 is 16.9 Å². The van der Waals surface area contributed by atoms with Crippen LogP contribution in [0.25, 0.3) is 11.0 Å². The number of hydrogen-bond donors (Lipinski definition) is 3. The lowest BCUT2D eigenvalue weighted by Gasteiger charge is -2.11. The average Bonchev–Trinajstić information content (AvgIpc) is 2.83. The molecule has 0 saturated carbocycles. The van der Waals surface area contributed by atoms with Gasteiger partial charge in [-0.15, -0.1) is 0 Å². The standard InChI is InChI=1S/C13H18N4O/c1-9(6-14-2)7-15-13(18)10-3-4-11-12(5-10)17-8-16-11/h3-5,8-9,14H,6-7H2,1-2H3,(H,15,18)(H,16,17). The summed E-state index contributed by atoms with van der Waals surface area (Å²) in [4.78, 5) is 19.1. The van der Waals surface area contributed by atoms with Crippen LogP contribution < -0.4 is 10.6 Å². The maximum Gasteiger partial charge on any atom is 0.251 e. The molecule has 1 aromatic carbocycles. The molecule has 0 saturated heterocycles. The third-order valence-electron chi connectivity index (χ3n) is 2.85. The second-order valence-electron chi connectivity index (χ2n) is 4.51. The van der Waals surface area contributed by atoms with E-state index in [9.17, 15) is 4.79 Å². The summed E-state index contributed by atoms with van der Waals surface area (Å²) in [5.74, 6) is 0.365. The van der Waals surface area contributed by atoms with Crippen LogP contribution in [0.2, 0.25) is 0 Å². The number of carbonyl (C=O) groups is 1. The van der Waals surface area contributed by atoms with Crippen LogP contribution in [0.1, 0.15) is 17.3 Å². The Kier molecular flexibility index (Phi) is 3.94.